The number of piperidine rings is 1. The van der Waals surface area contributed by atoms with Crippen LogP contribution in [-0.4, -0.2) is 51.1 Å². The van der Waals surface area contributed by atoms with E-state index in [1.54, 1.807) is 42.5 Å². The molecule has 9 nitrogen and oxygen atoms in total. The average Bonchev–Trinajstić information content (AvgIpc) is 3.28. The van der Waals surface area contributed by atoms with Crippen molar-refractivity contribution in [3.63, 3.8) is 0 Å². The molecule has 0 bridgehead atoms. The Balaban J connectivity index is 0.000000207. The summed E-state index contributed by atoms with van der Waals surface area (Å²) in [5, 5.41) is 5.71. The molecular formula is C50H47BrFN3O6. The van der Waals surface area contributed by atoms with Gasteiger partial charge >= 0.3 is 11.9 Å². The molecule has 0 saturated carbocycles. The molecule has 6 aromatic carbocycles. The fraction of sp³-hybridized carbons (Fsp3) is 0.200. The van der Waals surface area contributed by atoms with Crippen molar-refractivity contribution >= 4 is 56.7 Å². The van der Waals surface area contributed by atoms with Gasteiger partial charge in [0.25, 0.3) is 11.8 Å². The van der Waals surface area contributed by atoms with Crippen LogP contribution >= 0.6 is 15.9 Å². The molecule has 0 atom stereocenters. The minimum Gasteiger partial charge on any atom is -0.465 e. The lowest BCUT2D eigenvalue weighted by molar-refractivity contribution is 0.0592. The summed E-state index contributed by atoms with van der Waals surface area (Å²) in [5.41, 5.74) is 8.49. The van der Waals surface area contributed by atoms with Crippen LogP contribution in [0.2, 0.25) is 0 Å². The molecule has 1 heterocycles. The molecule has 312 valence electrons. The number of hydrogen-bond donors (Lipinski definition) is 2. The molecule has 2 amide bonds. The highest BCUT2D eigenvalue weighted by atomic mass is 79.9. The summed E-state index contributed by atoms with van der Waals surface area (Å²) in [6.45, 7) is 7.71. The van der Waals surface area contributed by atoms with E-state index in [1.165, 1.54) is 39.5 Å². The number of benzene rings is 6. The van der Waals surface area contributed by atoms with Gasteiger partial charge in [-0.15, -0.1) is 0 Å². The molecule has 1 aliphatic heterocycles. The van der Waals surface area contributed by atoms with Crippen LogP contribution in [0.15, 0.2) is 126 Å². The summed E-state index contributed by atoms with van der Waals surface area (Å²) in [4.78, 5) is 53.1. The maximum absolute atomic E-state index is 14.7. The van der Waals surface area contributed by atoms with E-state index >= 15 is 0 Å². The molecule has 0 radical (unpaired) electrons. The maximum Gasteiger partial charge on any atom is 0.340 e. The van der Waals surface area contributed by atoms with E-state index in [0.717, 1.165) is 57.1 Å². The lowest BCUT2D eigenvalue weighted by Crippen LogP contribution is -2.29. The molecule has 6 aromatic rings. The van der Waals surface area contributed by atoms with E-state index in [-0.39, 0.29) is 22.7 Å². The summed E-state index contributed by atoms with van der Waals surface area (Å²) < 4.78 is 25.1. The van der Waals surface area contributed by atoms with Crippen LogP contribution < -0.4 is 15.5 Å². The van der Waals surface area contributed by atoms with Gasteiger partial charge in [0.15, 0.2) is 0 Å². The van der Waals surface area contributed by atoms with E-state index in [0.29, 0.717) is 27.9 Å². The molecule has 7 rings (SSSR count). The molecule has 0 aromatic heterocycles. The van der Waals surface area contributed by atoms with Crippen LogP contribution in [-0.2, 0) is 9.47 Å². The van der Waals surface area contributed by atoms with Crippen LogP contribution in [0, 0.1) is 26.6 Å². The van der Waals surface area contributed by atoms with Crippen LogP contribution in [0.3, 0.4) is 0 Å². The molecular weight excluding hydrogens is 837 g/mol. The zero-order valence-corrected chi connectivity index (χ0v) is 36.3. The largest absolute Gasteiger partial charge is 0.465 e. The number of nitrogens with zero attached hydrogens (tertiary/aromatic N) is 1. The lowest BCUT2D eigenvalue weighted by Gasteiger charge is -2.29. The van der Waals surface area contributed by atoms with Crippen molar-refractivity contribution in [2.45, 2.75) is 40.0 Å². The van der Waals surface area contributed by atoms with Gasteiger partial charge in [-0.3, -0.25) is 9.59 Å². The predicted molar refractivity (Wildman–Crippen MR) is 243 cm³/mol. The monoisotopic (exact) mass is 883 g/mol. The average molecular weight is 885 g/mol. The van der Waals surface area contributed by atoms with Gasteiger partial charge in [-0.25, -0.2) is 14.0 Å². The quantitative estimate of drug-likeness (QED) is 0.139. The van der Waals surface area contributed by atoms with Crippen molar-refractivity contribution in [3.8, 4) is 22.3 Å². The predicted octanol–water partition coefficient (Wildman–Crippen LogP) is 11.6. The van der Waals surface area contributed by atoms with Gasteiger partial charge < -0.3 is 25.0 Å². The Morgan fingerprint density at radius 2 is 1.05 bits per heavy atom. The number of anilines is 3. The minimum absolute atomic E-state index is 0.0549. The number of rotatable bonds is 9. The van der Waals surface area contributed by atoms with Gasteiger partial charge in [-0.1, -0.05) is 88.7 Å². The van der Waals surface area contributed by atoms with Gasteiger partial charge in [0.2, 0.25) is 0 Å². The van der Waals surface area contributed by atoms with Crippen LogP contribution in [0.4, 0.5) is 21.5 Å². The maximum atomic E-state index is 14.7. The third kappa shape index (κ3) is 10.6. The smallest absolute Gasteiger partial charge is 0.340 e. The number of aryl methyl sites for hydroxylation is 3. The number of methoxy groups -OCH3 is 2. The van der Waals surface area contributed by atoms with Crippen LogP contribution in [0.1, 0.15) is 77.4 Å². The Bertz CT molecular complexity index is 2580. The zero-order chi connectivity index (χ0) is 43.6. The topological polar surface area (TPSA) is 114 Å². The Kier molecular flexibility index (Phi) is 14.5. The highest BCUT2D eigenvalue weighted by Gasteiger charge is 2.22. The fourth-order valence-electron chi connectivity index (χ4n) is 7.23. The van der Waals surface area contributed by atoms with Gasteiger partial charge in [-0.2, -0.15) is 0 Å². The number of hydrogen-bond acceptors (Lipinski definition) is 7. The Morgan fingerprint density at radius 1 is 0.557 bits per heavy atom. The van der Waals surface area contributed by atoms with E-state index < -0.39 is 23.7 Å². The zero-order valence-electron chi connectivity index (χ0n) is 34.7. The molecule has 0 unspecified atom stereocenters. The van der Waals surface area contributed by atoms with Gasteiger partial charge in [0.1, 0.15) is 5.82 Å². The summed E-state index contributed by atoms with van der Waals surface area (Å²) >= 11 is 3.35. The third-order valence-corrected chi connectivity index (χ3v) is 11.1. The van der Waals surface area contributed by atoms with Crippen molar-refractivity contribution in [1.29, 1.82) is 0 Å². The number of carbonyl (C=O) groups is 4. The Labute approximate surface area is 364 Å². The second-order valence-corrected chi connectivity index (χ2v) is 15.6. The Morgan fingerprint density at radius 3 is 1.61 bits per heavy atom. The van der Waals surface area contributed by atoms with Crippen LogP contribution in [0.25, 0.3) is 22.3 Å². The number of carbonyl (C=O) groups excluding carboxylic acids is 4. The Hall–Kier alpha value is -6.59. The third-order valence-electron chi connectivity index (χ3n) is 10.6. The molecule has 1 aliphatic rings. The summed E-state index contributed by atoms with van der Waals surface area (Å²) in [5.74, 6) is -2.44. The normalized spacial score (nSPS) is 12.1. The molecule has 0 aliphatic carbocycles. The van der Waals surface area contributed by atoms with Gasteiger partial charge in [0, 0.05) is 39.9 Å². The molecule has 11 heteroatoms. The fourth-order valence-corrected chi connectivity index (χ4v) is 7.60. The first-order valence-electron chi connectivity index (χ1n) is 19.9. The van der Waals surface area contributed by atoms with Crippen LogP contribution in [0.5, 0.6) is 0 Å². The highest BCUT2D eigenvalue weighted by Crippen LogP contribution is 2.33. The molecule has 1 saturated heterocycles. The summed E-state index contributed by atoms with van der Waals surface area (Å²) in [7, 11) is 2.55. The number of ether oxygens (including phenoxy) is 2. The summed E-state index contributed by atoms with van der Waals surface area (Å²) in [6, 6.07) is 36.3. The first-order chi connectivity index (χ1) is 29.4. The highest BCUT2D eigenvalue weighted by molar-refractivity contribution is 9.10. The first kappa shape index (κ1) is 44.0. The van der Waals surface area contributed by atoms with E-state index in [4.69, 9.17) is 9.47 Å². The number of esters is 2. The lowest BCUT2D eigenvalue weighted by atomic mass is 9.96. The number of amides is 2. The standard InChI is InChI=1S/C28H30N2O3.C22H17BrFNO3/c1-19-12-13-22(30-14-8-5-9-15-30)17-24(19)27(31)29-26-18-23(21-10-6-4-7-11-21)20(2)16-25(26)28(32)33-3;1-13-8-9-15(23)10-16(13)21(26)25-20-12-17(14-6-4-3-5-7-14)19(24)11-18(20)22(27)28-2/h4,6-7,10-13,16-18H,5,8-9,14-15H2,1-3H3,(H,29,31);3-12H,1-2H3,(H,25,26). The van der Waals surface area contributed by atoms with Crippen molar-refractivity contribution in [1.82, 2.24) is 0 Å². The first-order valence-corrected chi connectivity index (χ1v) is 20.7. The summed E-state index contributed by atoms with van der Waals surface area (Å²) in [6.07, 6.45) is 3.59. The second kappa shape index (κ2) is 20.1. The molecule has 61 heavy (non-hydrogen) atoms. The van der Waals surface area contributed by atoms with E-state index in [2.05, 4.69) is 37.5 Å². The van der Waals surface area contributed by atoms with Crippen molar-refractivity contribution < 1.29 is 33.0 Å². The van der Waals surface area contributed by atoms with Crippen molar-refractivity contribution in [3.05, 3.63) is 171 Å². The number of nitrogens with one attached hydrogen (secondary N) is 2. The van der Waals surface area contributed by atoms with Crippen molar-refractivity contribution in [2.24, 2.45) is 0 Å². The number of halogens is 2. The van der Waals surface area contributed by atoms with Gasteiger partial charge in [-0.05, 0) is 122 Å². The minimum atomic E-state index is -0.736. The molecule has 2 N–H and O–H groups in total. The second-order valence-electron chi connectivity index (χ2n) is 14.7. The van der Waals surface area contributed by atoms with E-state index in [1.807, 2.05) is 81.4 Å². The van der Waals surface area contributed by atoms with Gasteiger partial charge in [0.05, 0.1) is 36.7 Å². The molecule has 1 fully saturated rings. The SMILES string of the molecule is COC(=O)c1cc(C)c(-c2ccccc2)cc1NC(=O)c1cc(N2CCCCC2)ccc1C.COC(=O)c1cc(F)c(-c2ccccc2)cc1NC(=O)c1cc(Br)ccc1C. The molecule has 0 spiro atoms. The van der Waals surface area contributed by atoms with Crippen molar-refractivity contribution in [2.75, 3.05) is 42.8 Å². The van der Waals surface area contributed by atoms with E-state index in [9.17, 15) is 23.6 Å².